The molecule has 3 rings (SSSR count). The fraction of sp³-hybridized carbons (Fsp3) is 0.0556. The van der Waals surface area contributed by atoms with Gasteiger partial charge in [-0.25, -0.2) is 4.68 Å². The summed E-state index contributed by atoms with van der Waals surface area (Å²) in [5, 5.41) is 7.47. The van der Waals surface area contributed by atoms with Crippen LogP contribution in [0.4, 0.5) is 5.82 Å². The quantitative estimate of drug-likeness (QED) is 0.415. The van der Waals surface area contributed by atoms with Gasteiger partial charge in [0.05, 0.1) is 11.9 Å². The molecule has 2 aromatic carbocycles. The number of hydrazine groups is 1. The van der Waals surface area contributed by atoms with E-state index in [0.29, 0.717) is 11.7 Å². The molecule has 7 nitrogen and oxygen atoms in total. The Balaban J connectivity index is 1.55. The molecule has 1 amide bonds. The highest BCUT2D eigenvalue weighted by Crippen LogP contribution is 2.16. The average molecular weight is 366 g/mol. The number of nitrogens with zero attached hydrogens (tertiary/aromatic N) is 2. The molecule has 0 atom stereocenters. The highest BCUT2D eigenvalue weighted by Gasteiger charge is 2.16. The minimum atomic E-state index is -0.423. The van der Waals surface area contributed by atoms with Crippen molar-refractivity contribution in [3.63, 3.8) is 0 Å². The lowest BCUT2D eigenvalue weighted by molar-refractivity contribution is 0.0944. The third-order valence-electron chi connectivity index (χ3n) is 3.64. The molecule has 0 saturated carbocycles. The smallest absolute Gasteiger partial charge is 0.275 e. The van der Waals surface area contributed by atoms with Gasteiger partial charge < -0.3 is 11.1 Å². The van der Waals surface area contributed by atoms with Crippen molar-refractivity contribution < 1.29 is 4.79 Å². The van der Waals surface area contributed by atoms with Crippen molar-refractivity contribution in [3.05, 3.63) is 78.0 Å². The summed E-state index contributed by atoms with van der Waals surface area (Å²) in [7, 11) is 0. The number of nitrogens with one attached hydrogen (secondary N) is 3. The molecule has 0 aliphatic rings. The minimum absolute atomic E-state index is 0.249. The molecule has 1 aromatic heterocycles. The molecule has 132 valence electrons. The van der Waals surface area contributed by atoms with E-state index in [1.807, 2.05) is 60.7 Å². The highest BCUT2D eigenvalue weighted by atomic mass is 32.1. The molecule has 0 spiro atoms. The Morgan fingerprint density at radius 2 is 1.69 bits per heavy atom. The Morgan fingerprint density at radius 3 is 2.38 bits per heavy atom. The molecule has 5 N–H and O–H groups in total. The Morgan fingerprint density at radius 1 is 1.04 bits per heavy atom. The lowest BCUT2D eigenvalue weighted by atomic mass is 10.2. The van der Waals surface area contributed by atoms with E-state index in [1.54, 1.807) is 0 Å². The molecule has 3 aromatic rings. The van der Waals surface area contributed by atoms with E-state index in [1.165, 1.54) is 10.9 Å². The molecule has 26 heavy (non-hydrogen) atoms. The SMILES string of the molecule is Nc1c(C(=O)NNC(=S)NCc2ccccc2)cnn1-c1ccccc1. The predicted octanol–water partition coefficient (Wildman–Crippen LogP) is 1.76. The van der Waals surface area contributed by atoms with Crippen LogP contribution in [0.25, 0.3) is 5.69 Å². The summed E-state index contributed by atoms with van der Waals surface area (Å²) in [6, 6.07) is 19.1. The number of aromatic nitrogens is 2. The Hall–Kier alpha value is -3.39. The summed E-state index contributed by atoms with van der Waals surface area (Å²) < 4.78 is 1.50. The van der Waals surface area contributed by atoms with E-state index in [0.717, 1.165) is 11.3 Å². The molecule has 0 bridgehead atoms. The van der Waals surface area contributed by atoms with Crippen LogP contribution in [0.5, 0.6) is 0 Å². The number of para-hydroxylation sites is 1. The summed E-state index contributed by atoms with van der Waals surface area (Å²) in [5.41, 5.74) is 13.3. The van der Waals surface area contributed by atoms with Crippen LogP contribution in [-0.2, 0) is 6.54 Å². The summed E-state index contributed by atoms with van der Waals surface area (Å²) in [5.74, 6) is -0.174. The van der Waals surface area contributed by atoms with Gasteiger partial charge in [-0.15, -0.1) is 0 Å². The second-order valence-corrected chi connectivity index (χ2v) is 5.85. The first-order valence-electron chi connectivity index (χ1n) is 7.92. The summed E-state index contributed by atoms with van der Waals surface area (Å²) in [6.45, 7) is 0.552. The van der Waals surface area contributed by atoms with Gasteiger partial charge in [0.2, 0.25) is 0 Å². The monoisotopic (exact) mass is 366 g/mol. The number of thiocarbonyl (C=S) groups is 1. The predicted molar refractivity (Wildman–Crippen MR) is 104 cm³/mol. The third-order valence-corrected chi connectivity index (χ3v) is 3.88. The van der Waals surface area contributed by atoms with E-state index in [-0.39, 0.29) is 11.4 Å². The molecule has 0 aliphatic heterocycles. The van der Waals surface area contributed by atoms with Crippen molar-refractivity contribution in [1.29, 1.82) is 0 Å². The second kappa shape index (κ2) is 8.13. The Kier molecular flexibility index (Phi) is 5.45. The van der Waals surface area contributed by atoms with Crippen molar-refractivity contribution in [2.75, 3.05) is 5.73 Å². The van der Waals surface area contributed by atoms with Crippen molar-refractivity contribution in [2.45, 2.75) is 6.54 Å². The molecule has 8 heteroatoms. The van der Waals surface area contributed by atoms with Gasteiger partial charge in [0, 0.05) is 6.54 Å². The number of rotatable bonds is 4. The minimum Gasteiger partial charge on any atom is -0.383 e. The van der Waals surface area contributed by atoms with Crippen molar-refractivity contribution in [3.8, 4) is 5.69 Å². The second-order valence-electron chi connectivity index (χ2n) is 5.44. The number of anilines is 1. The van der Waals surface area contributed by atoms with E-state index in [9.17, 15) is 4.79 Å². The first-order valence-corrected chi connectivity index (χ1v) is 8.33. The van der Waals surface area contributed by atoms with Crippen LogP contribution >= 0.6 is 12.2 Å². The Labute approximate surface area is 156 Å². The number of carbonyl (C=O) groups excluding carboxylic acids is 1. The number of hydrogen-bond donors (Lipinski definition) is 4. The van der Waals surface area contributed by atoms with Crippen molar-refractivity contribution in [1.82, 2.24) is 25.9 Å². The van der Waals surface area contributed by atoms with Crippen molar-refractivity contribution in [2.24, 2.45) is 0 Å². The molecule has 0 radical (unpaired) electrons. The van der Waals surface area contributed by atoms with E-state index in [2.05, 4.69) is 21.3 Å². The zero-order valence-electron chi connectivity index (χ0n) is 13.8. The van der Waals surface area contributed by atoms with Gasteiger partial charge >= 0.3 is 0 Å². The zero-order chi connectivity index (χ0) is 18.4. The first kappa shape index (κ1) is 17.4. The summed E-state index contributed by atoms with van der Waals surface area (Å²) in [4.78, 5) is 12.3. The van der Waals surface area contributed by atoms with E-state index in [4.69, 9.17) is 18.0 Å². The number of hydrogen-bond acceptors (Lipinski definition) is 4. The van der Waals surface area contributed by atoms with Gasteiger partial charge in [-0.3, -0.25) is 15.6 Å². The number of carbonyl (C=O) groups is 1. The lowest BCUT2D eigenvalue weighted by Crippen LogP contribution is -2.46. The highest BCUT2D eigenvalue weighted by molar-refractivity contribution is 7.80. The van der Waals surface area contributed by atoms with Crippen molar-refractivity contribution >= 4 is 29.1 Å². The average Bonchev–Trinajstić information content (AvgIpc) is 3.07. The topological polar surface area (TPSA) is 97.0 Å². The normalized spacial score (nSPS) is 10.2. The molecule has 1 heterocycles. The van der Waals surface area contributed by atoms with Crippen LogP contribution in [0.1, 0.15) is 15.9 Å². The van der Waals surface area contributed by atoms with Crippen LogP contribution in [0.15, 0.2) is 66.9 Å². The molecule has 0 aliphatic carbocycles. The summed E-state index contributed by atoms with van der Waals surface area (Å²) in [6.07, 6.45) is 1.42. The summed E-state index contributed by atoms with van der Waals surface area (Å²) >= 11 is 5.15. The van der Waals surface area contributed by atoms with Crippen LogP contribution in [0.2, 0.25) is 0 Å². The van der Waals surface area contributed by atoms with Gasteiger partial charge in [-0.2, -0.15) is 5.10 Å². The van der Waals surface area contributed by atoms with Gasteiger partial charge in [0.25, 0.3) is 5.91 Å². The third kappa shape index (κ3) is 4.17. The molecule has 0 fully saturated rings. The number of nitrogen functional groups attached to an aromatic ring is 1. The van der Waals surface area contributed by atoms with Gasteiger partial charge in [0.15, 0.2) is 5.11 Å². The zero-order valence-corrected chi connectivity index (χ0v) is 14.7. The van der Waals surface area contributed by atoms with Crippen LogP contribution in [0, 0.1) is 0 Å². The first-order chi connectivity index (χ1) is 12.6. The van der Waals surface area contributed by atoms with Crippen LogP contribution in [-0.4, -0.2) is 20.8 Å². The standard InChI is InChI=1S/C18H18N6OS/c19-16-15(12-21-24(16)14-9-5-2-6-10-14)17(25)22-23-18(26)20-11-13-7-3-1-4-8-13/h1-10,12H,11,19H2,(H,22,25)(H2,20,23,26). The number of nitrogens with two attached hydrogens (primary N) is 1. The number of benzene rings is 2. The van der Waals surface area contributed by atoms with Gasteiger partial charge in [0.1, 0.15) is 11.4 Å². The van der Waals surface area contributed by atoms with E-state index < -0.39 is 5.91 Å². The maximum absolute atomic E-state index is 12.3. The molecule has 0 unspecified atom stereocenters. The molecular weight excluding hydrogens is 348 g/mol. The van der Waals surface area contributed by atoms with Gasteiger partial charge in [-0.1, -0.05) is 48.5 Å². The maximum atomic E-state index is 12.3. The Bertz CT molecular complexity index is 895. The molecular formula is C18H18N6OS. The van der Waals surface area contributed by atoms with Crippen LogP contribution < -0.4 is 21.9 Å². The van der Waals surface area contributed by atoms with Crippen LogP contribution in [0.3, 0.4) is 0 Å². The van der Waals surface area contributed by atoms with E-state index >= 15 is 0 Å². The number of amides is 1. The maximum Gasteiger partial charge on any atom is 0.275 e. The fourth-order valence-electron chi connectivity index (χ4n) is 2.31. The molecule has 0 saturated heterocycles. The van der Waals surface area contributed by atoms with Gasteiger partial charge in [-0.05, 0) is 29.9 Å². The fourth-order valence-corrected chi connectivity index (χ4v) is 2.43. The largest absolute Gasteiger partial charge is 0.383 e. The lowest BCUT2D eigenvalue weighted by Gasteiger charge is -2.11.